The Bertz CT molecular complexity index is 399. The Morgan fingerprint density at radius 2 is 2.25 bits per heavy atom. The molecule has 0 bridgehead atoms. The second kappa shape index (κ2) is 5.26. The van der Waals surface area contributed by atoms with Crippen LogP contribution in [0.15, 0.2) is 6.20 Å². The summed E-state index contributed by atoms with van der Waals surface area (Å²) in [6.07, 6.45) is 1.65. The highest BCUT2D eigenvalue weighted by atomic mass is 16.4. The van der Waals surface area contributed by atoms with Crippen molar-refractivity contribution in [2.24, 2.45) is 7.05 Å². The maximum Gasteiger partial charge on any atom is 0.341 e. The molecule has 0 spiro atoms. The molecule has 0 atom stereocenters. The highest BCUT2D eigenvalue weighted by Gasteiger charge is 2.16. The van der Waals surface area contributed by atoms with Gasteiger partial charge in [-0.3, -0.25) is 9.48 Å². The lowest BCUT2D eigenvalue weighted by Crippen LogP contribution is -2.16. The molecule has 0 aliphatic heterocycles. The van der Waals surface area contributed by atoms with Crippen molar-refractivity contribution in [3.05, 3.63) is 11.8 Å². The summed E-state index contributed by atoms with van der Waals surface area (Å²) in [5, 5.41) is 23.6. The molecule has 1 aromatic heterocycles. The Labute approximate surface area is 91.7 Å². The molecule has 3 N–H and O–H groups in total. The Morgan fingerprint density at radius 3 is 2.81 bits per heavy atom. The number of carboxylic acid groups (broad SMARTS) is 1. The molecule has 0 aromatic carbocycles. The summed E-state index contributed by atoms with van der Waals surface area (Å²) < 4.78 is 1.28. The Morgan fingerprint density at radius 1 is 1.56 bits per heavy atom. The smallest absolute Gasteiger partial charge is 0.341 e. The van der Waals surface area contributed by atoms with Crippen LogP contribution < -0.4 is 5.32 Å². The largest absolute Gasteiger partial charge is 0.477 e. The monoisotopic (exact) mass is 227 g/mol. The van der Waals surface area contributed by atoms with Gasteiger partial charge in [0.15, 0.2) is 0 Å². The fraction of sp³-hybridized carbons (Fsp3) is 0.444. The van der Waals surface area contributed by atoms with Crippen LogP contribution in [-0.2, 0) is 11.8 Å². The number of nitrogens with one attached hydrogen (secondary N) is 1. The predicted molar refractivity (Wildman–Crippen MR) is 55.1 cm³/mol. The fourth-order valence-corrected chi connectivity index (χ4v) is 1.18. The van der Waals surface area contributed by atoms with Crippen molar-refractivity contribution >= 4 is 17.7 Å². The van der Waals surface area contributed by atoms with E-state index in [9.17, 15) is 9.59 Å². The molecule has 0 saturated heterocycles. The second-order valence-corrected chi connectivity index (χ2v) is 3.21. The summed E-state index contributed by atoms with van der Waals surface area (Å²) in [4.78, 5) is 22.1. The van der Waals surface area contributed by atoms with E-state index >= 15 is 0 Å². The van der Waals surface area contributed by atoms with Crippen LogP contribution in [0.4, 0.5) is 5.82 Å². The summed E-state index contributed by atoms with van der Waals surface area (Å²) in [6.45, 7) is -0.0788. The van der Waals surface area contributed by atoms with Crippen molar-refractivity contribution in [3.63, 3.8) is 0 Å². The van der Waals surface area contributed by atoms with Crippen molar-refractivity contribution < 1.29 is 19.8 Å². The Hall–Kier alpha value is -1.89. The van der Waals surface area contributed by atoms with Gasteiger partial charge in [0, 0.05) is 20.1 Å². The Kier molecular flexibility index (Phi) is 4.01. The number of aliphatic hydroxyl groups excluding tert-OH is 1. The van der Waals surface area contributed by atoms with E-state index < -0.39 is 5.97 Å². The Balaban J connectivity index is 2.76. The fourth-order valence-electron chi connectivity index (χ4n) is 1.18. The number of hydrogen-bond donors (Lipinski definition) is 3. The van der Waals surface area contributed by atoms with Crippen LogP contribution in [0.1, 0.15) is 23.2 Å². The first kappa shape index (κ1) is 12.2. The van der Waals surface area contributed by atoms with E-state index in [4.69, 9.17) is 10.2 Å². The summed E-state index contributed by atoms with van der Waals surface area (Å²) in [5.41, 5.74) is -0.0557. The van der Waals surface area contributed by atoms with Gasteiger partial charge in [-0.1, -0.05) is 0 Å². The molecule has 7 nitrogen and oxygen atoms in total. The third-order valence-electron chi connectivity index (χ3n) is 1.99. The number of aromatic carboxylic acids is 1. The molecule has 1 rings (SSSR count). The van der Waals surface area contributed by atoms with E-state index in [-0.39, 0.29) is 30.3 Å². The van der Waals surface area contributed by atoms with Crippen molar-refractivity contribution in [2.45, 2.75) is 12.8 Å². The molecule has 88 valence electrons. The van der Waals surface area contributed by atoms with Crippen LogP contribution in [0, 0.1) is 0 Å². The van der Waals surface area contributed by atoms with E-state index in [0.29, 0.717) is 6.42 Å². The van der Waals surface area contributed by atoms with E-state index in [1.807, 2.05) is 0 Å². The maximum atomic E-state index is 11.3. The number of nitrogens with zero attached hydrogens (tertiary/aromatic N) is 2. The number of aromatic nitrogens is 2. The molecule has 1 aromatic rings. The number of carboxylic acids is 1. The van der Waals surface area contributed by atoms with Crippen LogP contribution in [0.5, 0.6) is 0 Å². The molecule has 0 unspecified atom stereocenters. The molecule has 1 amide bonds. The van der Waals surface area contributed by atoms with Crippen LogP contribution in [0.25, 0.3) is 0 Å². The summed E-state index contributed by atoms with van der Waals surface area (Å²) in [7, 11) is 1.54. The highest BCUT2D eigenvalue weighted by Crippen LogP contribution is 2.14. The van der Waals surface area contributed by atoms with Crippen molar-refractivity contribution in [3.8, 4) is 0 Å². The zero-order valence-corrected chi connectivity index (χ0v) is 8.80. The third-order valence-corrected chi connectivity index (χ3v) is 1.99. The molecule has 0 radical (unpaired) electrons. The van der Waals surface area contributed by atoms with Gasteiger partial charge in [0.05, 0.1) is 6.20 Å². The van der Waals surface area contributed by atoms with E-state index in [1.165, 1.54) is 17.9 Å². The van der Waals surface area contributed by atoms with Crippen LogP contribution in [-0.4, -0.2) is 38.5 Å². The summed E-state index contributed by atoms with van der Waals surface area (Å²) in [6, 6.07) is 0. The third kappa shape index (κ3) is 2.80. The minimum Gasteiger partial charge on any atom is -0.477 e. The number of aliphatic hydroxyl groups is 1. The molecular weight excluding hydrogens is 214 g/mol. The van der Waals surface area contributed by atoms with Gasteiger partial charge in [-0.15, -0.1) is 0 Å². The minimum atomic E-state index is -1.15. The van der Waals surface area contributed by atoms with Gasteiger partial charge >= 0.3 is 5.97 Å². The molecule has 16 heavy (non-hydrogen) atoms. The zero-order chi connectivity index (χ0) is 12.1. The van der Waals surface area contributed by atoms with Crippen molar-refractivity contribution in [2.75, 3.05) is 11.9 Å². The first-order valence-corrected chi connectivity index (χ1v) is 4.72. The summed E-state index contributed by atoms with van der Waals surface area (Å²) in [5.74, 6) is -1.35. The van der Waals surface area contributed by atoms with Crippen molar-refractivity contribution in [1.29, 1.82) is 0 Å². The maximum absolute atomic E-state index is 11.3. The summed E-state index contributed by atoms with van der Waals surface area (Å²) >= 11 is 0. The number of rotatable bonds is 5. The SMILES string of the molecule is Cn1ncc(C(=O)O)c1NC(=O)CCCO. The first-order valence-electron chi connectivity index (χ1n) is 4.72. The van der Waals surface area contributed by atoms with E-state index in [2.05, 4.69) is 10.4 Å². The first-order chi connectivity index (χ1) is 7.56. The number of anilines is 1. The number of carbonyl (C=O) groups is 2. The zero-order valence-electron chi connectivity index (χ0n) is 8.80. The average molecular weight is 227 g/mol. The van der Waals surface area contributed by atoms with E-state index in [0.717, 1.165) is 0 Å². The lowest BCUT2D eigenvalue weighted by atomic mass is 10.3. The predicted octanol–water partition coefficient (Wildman–Crippen LogP) is -0.171. The van der Waals surface area contributed by atoms with Gasteiger partial charge in [0.1, 0.15) is 11.4 Å². The number of aryl methyl sites for hydroxylation is 1. The quantitative estimate of drug-likeness (QED) is 0.647. The highest BCUT2D eigenvalue weighted by molar-refractivity contribution is 5.99. The van der Waals surface area contributed by atoms with Crippen LogP contribution in [0.3, 0.4) is 0 Å². The van der Waals surface area contributed by atoms with Gasteiger partial charge < -0.3 is 15.5 Å². The lowest BCUT2D eigenvalue weighted by molar-refractivity contribution is -0.116. The molecule has 1 heterocycles. The number of carbonyl (C=O) groups excluding carboxylic acids is 1. The van der Waals surface area contributed by atoms with Crippen molar-refractivity contribution in [1.82, 2.24) is 9.78 Å². The standard InChI is InChI=1S/C9H13N3O4/c1-12-8(6(5-10-12)9(15)16)11-7(14)3-2-4-13/h5,13H,2-4H2,1H3,(H,11,14)(H,15,16). The normalized spacial score (nSPS) is 10.1. The molecule has 0 aliphatic carbocycles. The molecule has 0 fully saturated rings. The second-order valence-electron chi connectivity index (χ2n) is 3.21. The molecule has 0 saturated carbocycles. The molecule has 0 aliphatic rings. The van der Waals surface area contributed by atoms with Gasteiger partial charge in [-0.25, -0.2) is 4.79 Å². The van der Waals surface area contributed by atoms with Gasteiger partial charge in [0.2, 0.25) is 5.91 Å². The molecule has 7 heteroatoms. The number of amides is 1. The van der Waals surface area contributed by atoms with Crippen LogP contribution in [0.2, 0.25) is 0 Å². The minimum absolute atomic E-state index is 0.0557. The number of hydrogen-bond acceptors (Lipinski definition) is 4. The van der Waals surface area contributed by atoms with E-state index in [1.54, 1.807) is 0 Å². The van der Waals surface area contributed by atoms with Gasteiger partial charge in [-0.2, -0.15) is 5.10 Å². The lowest BCUT2D eigenvalue weighted by Gasteiger charge is -2.05. The van der Waals surface area contributed by atoms with Gasteiger partial charge in [0.25, 0.3) is 0 Å². The molecular formula is C9H13N3O4. The van der Waals surface area contributed by atoms with Crippen LogP contribution >= 0.6 is 0 Å². The average Bonchev–Trinajstić information content (AvgIpc) is 2.58. The topological polar surface area (TPSA) is 104 Å². The van der Waals surface area contributed by atoms with Gasteiger partial charge in [-0.05, 0) is 6.42 Å².